The molecule has 8 nitrogen and oxygen atoms in total. The molecule has 2 aromatic rings. The van der Waals surface area contributed by atoms with Gasteiger partial charge < -0.3 is 10.5 Å². The summed E-state index contributed by atoms with van der Waals surface area (Å²) in [5, 5.41) is 9.44. The van der Waals surface area contributed by atoms with Crippen molar-refractivity contribution >= 4 is 21.4 Å². The predicted octanol–water partition coefficient (Wildman–Crippen LogP) is 0.419. The van der Waals surface area contributed by atoms with E-state index in [4.69, 9.17) is 20.4 Å². The van der Waals surface area contributed by atoms with Crippen LogP contribution < -0.4 is 15.6 Å². The van der Waals surface area contributed by atoms with Crippen LogP contribution in [0, 0.1) is 4.78 Å². The van der Waals surface area contributed by atoms with Crippen molar-refractivity contribution in [2.45, 2.75) is 23.5 Å². The molecule has 9 heteroatoms. The molecule has 0 spiro atoms. The van der Waals surface area contributed by atoms with Crippen LogP contribution in [0.3, 0.4) is 0 Å². The first-order valence-corrected chi connectivity index (χ1v) is 8.85. The van der Waals surface area contributed by atoms with Crippen molar-refractivity contribution < 1.29 is 13.7 Å². The zero-order chi connectivity index (χ0) is 17.1. The number of carbonyl (C=O) groups excluding carboxylic acids is 1. The Bertz CT molecular complexity index is 1010. The van der Waals surface area contributed by atoms with Gasteiger partial charge in [-0.1, -0.05) is 30.3 Å². The lowest BCUT2D eigenvalue weighted by molar-refractivity contribution is -0.128. The first-order chi connectivity index (χ1) is 11.3. The third-order valence-corrected chi connectivity index (χ3v) is 5.33. The summed E-state index contributed by atoms with van der Waals surface area (Å²) in [6.07, 6.45) is 3.81. The number of carbonyl (C=O) groups is 1. The van der Waals surface area contributed by atoms with Gasteiger partial charge in [0.1, 0.15) is 14.8 Å². The van der Waals surface area contributed by atoms with E-state index in [2.05, 4.69) is 5.10 Å². The second-order valence-electron chi connectivity index (χ2n) is 5.84. The second kappa shape index (κ2) is 4.68. The summed E-state index contributed by atoms with van der Waals surface area (Å²) in [6.45, 7) is 0.0490. The van der Waals surface area contributed by atoms with Gasteiger partial charge in [0, 0.05) is 5.57 Å². The molecule has 0 saturated heterocycles. The highest BCUT2D eigenvalue weighted by molar-refractivity contribution is 7.90. The molecule has 2 aliphatic rings. The predicted molar refractivity (Wildman–Crippen MR) is 86.2 cm³/mol. The fourth-order valence-electron chi connectivity index (χ4n) is 3.26. The number of fused-ring (bicyclic) bond motifs is 2. The van der Waals surface area contributed by atoms with Crippen LogP contribution >= 0.6 is 0 Å². The van der Waals surface area contributed by atoms with E-state index in [-0.39, 0.29) is 17.3 Å². The van der Waals surface area contributed by atoms with Gasteiger partial charge in [0.2, 0.25) is 11.5 Å². The number of hydrogen-bond donors (Lipinski definition) is 3. The minimum atomic E-state index is -3.52. The Morgan fingerprint density at radius 3 is 2.88 bits per heavy atom. The lowest BCUT2D eigenvalue weighted by Crippen LogP contribution is -2.49. The van der Waals surface area contributed by atoms with Crippen LogP contribution in [-0.4, -0.2) is 25.5 Å². The summed E-state index contributed by atoms with van der Waals surface area (Å²) >= 11 is 0. The molecule has 4 rings (SSSR count). The van der Waals surface area contributed by atoms with Crippen molar-refractivity contribution in [1.29, 1.82) is 4.78 Å². The molecular weight excluding hydrogens is 330 g/mol. The number of ether oxygens (including phenoxy) is 1. The lowest BCUT2D eigenvalue weighted by atomic mass is 9.88. The molecule has 1 aromatic heterocycles. The van der Waals surface area contributed by atoms with Crippen LogP contribution in [0.5, 0.6) is 5.88 Å². The van der Waals surface area contributed by atoms with E-state index < -0.39 is 21.4 Å². The first-order valence-electron chi connectivity index (χ1n) is 7.23. The number of nitrogens with one attached hydrogen (secondary N) is 1. The van der Waals surface area contributed by atoms with Crippen molar-refractivity contribution in [2.75, 3.05) is 0 Å². The topological polar surface area (TPSA) is 137 Å². The van der Waals surface area contributed by atoms with E-state index >= 15 is 0 Å². The fourth-order valence-corrected chi connectivity index (χ4v) is 3.87. The number of nitrogens with two attached hydrogens (primary N) is 2. The van der Waals surface area contributed by atoms with Crippen LogP contribution in [-0.2, 0) is 27.7 Å². The number of benzene rings is 1. The van der Waals surface area contributed by atoms with E-state index in [9.17, 15) is 9.00 Å². The maximum absolute atomic E-state index is 12.3. The van der Waals surface area contributed by atoms with E-state index in [1.54, 1.807) is 0 Å². The van der Waals surface area contributed by atoms with Crippen molar-refractivity contribution in [3.8, 4) is 5.88 Å². The van der Waals surface area contributed by atoms with Crippen molar-refractivity contribution in [3.63, 3.8) is 0 Å². The standard InChI is InChI=1S/C15H15N5O3S/c16-14(21)15(11-6-5-9-3-1-2-4-10(9)11)8-20-13(23-15)12(7-19-20)24(17,18)22/h1-4,6-7H,5,8H2,(H2,16,21)(H3,17,18,22). The molecule has 0 saturated carbocycles. The number of primary amides is 1. The molecular formula is C15H15N5O3S. The number of nitrogens with zero attached hydrogens (tertiary/aromatic N) is 2. The van der Waals surface area contributed by atoms with Crippen molar-refractivity contribution in [2.24, 2.45) is 10.9 Å². The highest BCUT2D eigenvalue weighted by Crippen LogP contribution is 2.44. The number of aromatic nitrogens is 2. The average Bonchev–Trinajstić information content (AvgIpc) is 3.17. The third-order valence-electron chi connectivity index (χ3n) is 4.40. The molecule has 1 amide bonds. The van der Waals surface area contributed by atoms with Crippen LogP contribution in [0.4, 0.5) is 0 Å². The van der Waals surface area contributed by atoms with Gasteiger partial charge in [-0.2, -0.15) is 5.10 Å². The fraction of sp³-hybridized carbons (Fsp3) is 0.200. The molecule has 124 valence electrons. The summed E-state index contributed by atoms with van der Waals surface area (Å²) in [7, 11) is -3.52. The van der Waals surface area contributed by atoms with Crippen molar-refractivity contribution in [1.82, 2.24) is 9.78 Å². The molecule has 2 atom stereocenters. The Morgan fingerprint density at radius 1 is 1.42 bits per heavy atom. The Kier molecular flexibility index (Phi) is 2.91. The minimum absolute atomic E-state index is 0.0440. The minimum Gasteiger partial charge on any atom is -0.453 e. The van der Waals surface area contributed by atoms with Crippen LogP contribution in [0.15, 0.2) is 41.4 Å². The number of rotatable bonds is 3. The van der Waals surface area contributed by atoms with Gasteiger partial charge in [-0.15, -0.1) is 0 Å². The molecule has 1 aliphatic carbocycles. The van der Waals surface area contributed by atoms with Gasteiger partial charge in [-0.05, 0) is 17.5 Å². The van der Waals surface area contributed by atoms with Gasteiger partial charge in [0.25, 0.3) is 5.91 Å². The molecule has 1 aliphatic heterocycles. The summed E-state index contributed by atoms with van der Waals surface area (Å²) in [6, 6.07) is 7.68. The van der Waals surface area contributed by atoms with Gasteiger partial charge in [0.15, 0.2) is 0 Å². The van der Waals surface area contributed by atoms with Crippen LogP contribution in [0.25, 0.3) is 5.57 Å². The Hall–Kier alpha value is -2.65. The number of allylic oxidation sites excluding steroid dienone is 1. The van der Waals surface area contributed by atoms with Gasteiger partial charge in [-0.25, -0.2) is 18.8 Å². The highest BCUT2D eigenvalue weighted by Gasteiger charge is 2.52. The van der Waals surface area contributed by atoms with E-state index in [0.717, 1.165) is 11.1 Å². The van der Waals surface area contributed by atoms with E-state index in [0.29, 0.717) is 12.0 Å². The molecule has 5 N–H and O–H groups in total. The third kappa shape index (κ3) is 1.91. The Balaban J connectivity index is 1.84. The highest BCUT2D eigenvalue weighted by atomic mass is 32.2. The SMILES string of the molecule is N=S(N)(=O)c1cnn2c1OC(C(N)=O)(C1=CCc3ccccc31)C2. The van der Waals surface area contributed by atoms with E-state index in [1.165, 1.54) is 10.9 Å². The van der Waals surface area contributed by atoms with E-state index in [1.807, 2.05) is 30.3 Å². The first kappa shape index (κ1) is 14.9. The van der Waals surface area contributed by atoms with Crippen LogP contribution in [0.2, 0.25) is 0 Å². The molecule has 24 heavy (non-hydrogen) atoms. The molecule has 2 heterocycles. The second-order valence-corrected chi connectivity index (χ2v) is 7.49. The molecule has 2 unspecified atom stereocenters. The smallest absolute Gasteiger partial charge is 0.268 e. The molecule has 1 aromatic carbocycles. The maximum Gasteiger partial charge on any atom is 0.268 e. The zero-order valence-electron chi connectivity index (χ0n) is 12.6. The summed E-state index contributed by atoms with van der Waals surface area (Å²) in [5.74, 6) is -0.614. The summed E-state index contributed by atoms with van der Waals surface area (Å²) in [4.78, 5) is 12.3. The molecule has 0 radical (unpaired) electrons. The van der Waals surface area contributed by atoms with Crippen molar-refractivity contribution in [3.05, 3.63) is 47.7 Å². The largest absolute Gasteiger partial charge is 0.453 e. The Labute approximate surface area is 138 Å². The maximum atomic E-state index is 12.3. The monoisotopic (exact) mass is 345 g/mol. The number of amides is 1. The zero-order valence-corrected chi connectivity index (χ0v) is 13.4. The number of hydrogen-bond acceptors (Lipinski definition) is 5. The normalized spacial score (nSPS) is 23.8. The summed E-state index contributed by atoms with van der Waals surface area (Å²) in [5.41, 5.74) is 6.85. The van der Waals surface area contributed by atoms with Crippen LogP contribution in [0.1, 0.15) is 11.1 Å². The molecule has 0 bridgehead atoms. The van der Waals surface area contributed by atoms with Gasteiger partial charge >= 0.3 is 0 Å². The quantitative estimate of drug-likeness (QED) is 0.742. The van der Waals surface area contributed by atoms with Gasteiger partial charge in [0.05, 0.1) is 12.7 Å². The molecule has 0 fully saturated rings. The lowest BCUT2D eigenvalue weighted by Gasteiger charge is -2.26. The Morgan fingerprint density at radius 2 is 2.17 bits per heavy atom. The average molecular weight is 345 g/mol. The summed E-state index contributed by atoms with van der Waals surface area (Å²) < 4.78 is 26.7. The van der Waals surface area contributed by atoms with Gasteiger partial charge in [-0.3, -0.25) is 4.79 Å².